The molecule has 5 nitrogen and oxygen atoms in total. The fraction of sp³-hybridized carbons (Fsp3) is 0.0588. The van der Waals surface area contributed by atoms with Gasteiger partial charge in [-0.3, -0.25) is 10.1 Å². The van der Waals surface area contributed by atoms with Crippen LogP contribution in [0.25, 0.3) is 44.7 Å². The number of thiophene rings is 1. The fourth-order valence-corrected chi connectivity index (χ4v) is 5.82. The van der Waals surface area contributed by atoms with Gasteiger partial charge in [0.2, 0.25) is 0 Å². The normalized spacial score (nSPS) is 11.6. The third kappa shape index (κ3) is 4.93. The van der Waals surface area contributed by atoms with E-state index in [2.05, 4.69) is 95.9 Å². The van der Waals surface area contributed by atoms with Gasteiger partial charge in [0.15, 0.2) is 0 Å². The van der Waals surface area contributed by atoms with Crippen molar-refractivity contribution in [3.05, 3.63) is 137 Å². The topological polar surface area (TPSA) is 69.4 Å². The van der Waals surface area contributed by atoms with Crippen molar-refractivity contribution in [2.75, 3.05) is 5.32 Å². The van der Waals surface area contributed by atoms with Crippen LogP contribution in [0.15, 0.2) is 111 Å². The zero-order valence-corrected chi connectivity index (χ0v) is 23.3. The van der Waals surface area contributed by atoms with Gasteiger partial charge in [-0.05, 0) is 61.4 Å². The minimum Gasteiger partial charge on any atom is -0.357 e. The quantitative estimate of drug-likeness (QED) is 0.169. The first kappa shape index (κ1) is 25.3. The van der Waals surface area contributed by atoms with Gasteiger partial charge < -0.3 is 10.3 Å². The Morgan fingerprint density at radius 3 is 2.58 bits per heavy atom. The molecule has 0 spiro atoms. The molecule has 0 atom stereocenters. The van der Waals surface area contributed by atoms with E-state index in [4.69, 9.17) is 5.10 Å². The summed E-state index contributed by atoms with van der Waals surface area (Å²) in [5.74, 6) is 0. The van der Waals surface area contributed by atoms with Gasteiger partial charge in [-0.1, -0.05) is 61.7 Å². The largest absolute Gasteiger partial charge is 0.357 e. The van der Waals surface area contributed by atoms with Crippen molar-refractivity contribution in [3.63, 3.8) is 0 Å². The molecule has 0 aliphatic carbocycles. The lowest BCUT2D eigenvalue weighted by Crippen LogP contribution is -1.98. The highest BCUT2D eigenvalue weighted by Gasteiger charge is 2.17. The number of H-pyrrole nitrogens is 2. The molecule has 4 aromatic heterocycles. The molecule has 196 valence electrons. The second-order valence-corrected chi connectivity index (χ2v) is 11.0. The number of anilines is 1. The van der Waals surface area contributed by atoms with Crippen LogP contribution in [0.4, 0.5) is 5.69 Å². The van der Waals surface area contributed by atoms with Gasteiger partial charge in [-0.15, -0.1) is 11.3 Å². The third-order valence-electron chi connectivity index (χ3n) is 6.90. The molecule has 0 aliphatic rings. The van der Waals surface area contributed by atoms with Crippen LogP contribution in [0.3, 0.4) is 0 Å². The van der Waals surface area contributed by atoms with Gasteiger partial charge in [0.05, 0.1) is 23.1 Å². The van der Waals surface area contributed by atoms with Gasteiger partial charge >= 0.3 is 0 Å². The second-order valence-electron chi connectivity index (χ2n) is 9.71. The lowest BCUT2D eigenvalue weighted by Gasteiger charge is -2.11. The standard InChI is InChI=1S/C34H29N5S/c1-5-9-28(33-15-12-21(2)40-33)29-18-32(37-23(29)4)34-30-17-25(13-14-31(30)38-39-34)26-16-27(20-35-19-26)36-22(3)24-10-7-6-8-11-24/h5-20,36-37H,1,3H2,2,4H3,(H,38,39)/b28-9+. The molecule has 0 bridgehead atoms. The Morgan fingerprint density at radius 2 is 1.80 bits per heavy atom. The SMILES string of the molecule is C=C/C=C(/c1ccc(C)s1)c1cc(-c2n[nH]c3ccc(-c4cncc(NC(=C)c5ccccc5)c4)cc23)[nH]c1C. The number of aromatic nitrogens is 4. The van der Waals surface area contributed by atoms with Crippen LogP contribution in [-0.4, -0.2) is 20.2 Å². The second kappa shape index (κ2) is 10.7. The van der Waals surface area contributed by atoms with Gasteiger partial charge in [0, 0.05) is 49.4 Å². The molecule has 40 heavy (non-hydrogen) atoms. The van der Waals surface area contributed by atoms with Crippen LogP contribution in [0.1, 0.15) is 26.6 Å². The zero-order valence-electron chi connectivity index (χ0n) is 22.5. The molecule has 0 amide bonds. The van der Waals surface area contributed by atoms with E-state index >= 15 is 0 Å². The molecule has 0 saturated heterocycles. The van der Waals surface area contributed by atoms with Crippen LogP contribution in [0.5, 0.6) is 0 Å². The number of rotatable bonds is 8. The van der Waals surface area contributed by atoms with E-state index in [0.29, 0.717) is 0 Å². The van der Waals surface area contributed by atoms with Gasteiger partial charge in [-0.2, -0.15) is 5.10 Å². The Hall–Kier alpha value is -4.94. The van der Waals surface area contributed by atoms with E-state index in [1.54, 1.807) is 11.3 Å². The minimum atomic E-state index is 0.827. The molecule has 6 aromatic rings. The Kier molecular flexibility index (Phi) is 6.76. The highest BCUT2D eigenvalue weighted by atomic mass is 32.1. The van der Waals surface area contributed by atoms with E-state index in [1.807, 2.05) is 48.8 Å². The summed E-state index contributed by atoms with van der Waals surface area (Å²) in [6.07, 6.45) is 7.61. The summed E-state index contributed by atoms with van der Waals surface area (Å²) in [6, 6.07) is 25.0. The summed E-state index contributed by atoms with van der Waals surface area (Å²) >= 11 is 1.78. The fourth-order valence-electron chi connectivity index (χ4n) is 4.92. The molecule has 0 aliphatic heterocycles. The van der Waals surface area contributed by atoms with Crippen LogP contribution < -0.4 is 5.32 Å². The monoisotopic (exact) mass is 539 g/mol. The summed E-state index contributed by atoms with van der Waals surface area (Å²) in [4.78, 5) is 10.6. The highest BCUT2D eigenvalue weighted by molar-refractivity contribution is 7.13. The first-order valence-corrected chi connectivity index (χ1v) is 13.9. The molecule has 0 saturated carbocycles. The number of aryl methyl sites for hydroxylation is 2. The Labute approximate surface area is 237 Å². The molecule has 6 rings (SSSR count). The Bertz CT molecular complexity index is 1880. The summed E-state index contributed by atoms with van der Waals surface area (Å²) in [7, 11) is 0. The predicted octanol–water partition coefficient (Wildman–Crippen LogP) is 9.00. The van der Waals surface area contributed by atoms with Gasteiger partial charge in [-0.25, -0.2) is 0 Å². The van der Waals surface area contributed by atoms with E-state index in [0.717, 1.165) is 67.2 Å². The summed E-state index contributed by atoms with van der Waals surface area (Å²) < 4.78 is 0. The predicted molar refractivity (Wildman–Crippen MR) is 169 cm³/mol. The van der Waals surface area contributed by atoms with Crippen molar-refractivity contribution in [3.8, 4) is 22.5 Å². The van der Waals surface area contributed by atoms with Crippen LogP contribution >= 0.6 is 11.3 Å². The summed E-state index contributed by atoms with van der Waals surface area (Å²) in [5.41, 5.74) is 11.0. The Balaban J connectivity index is 1.34. The van der Waals surface area contributed by atoms with Crippen molar-refractivity contribution in [2.45, 2.75) is 13.8 Å². The van der Waals surface area contributed by atoms with E-state index in [-0.39, 0.29) is 0 Å². The van der Waals surface area contributed by atoms with E-state index in [9.17, 15) is 0 Å². The minimum absolute atomic E-state index is 0.827. The van der Waals surface area contributed by atoms with E-state index < -0.39 is 0 Å². The molecule has 2 aromatic carbocycles. The van der Waals surface area contributed by atoms with Crippen molar-refractivity contribution in [1.82, 2.24) is 20.2 Å². The van der Waals surface area contributed by atoms with Crippen molar-refractivity contribution in [2.24, 2.45) is 0 Å². The number of nitrogens with one attached hydrogen (secondary N) is 3. The maximum Gasteiger partial charge on any atom is 0.116 e. The smallest absolute Gasteiger partial charge is 0.116 e. The first-order chi connectivity index (χ1) is 19.5. The first-order valence-electron chi connectivity index (χ1n) is 13.0. The third-order valence-corrected chi connectivity index (χ3v) is 7.94. The molecular formula is C34H29N5S. The number of aromatic amines is 2. The van der Waals surface area contributed by atoms with Crippen molar-refractivity contribution >= 4 is 39.2 Å². The van der Waals surface area contributed by atoms with Crippen molar-refractivity contribution < 1.29 is 0 Å². The number of hydrogen-bond donors (Lipinski definition) is 3. The number of benzene rings is 2. The summed E-state index contributed by atoms with van der Waals surface area (Å²) in [6.45, 7) is 12.4. The van der Waals surface area contributed by atoms with Gasteiger partial charge in [0.25, 0.3) is 0 Å². The van der Waals surface area contributed by atoms with Gasteiger partial charge in [0.1, 0.15) is 5.69 Å². The van der Waals surface area contributed by atoms with Crippen LogP contribution in [0.2, 0.25) is 0 Å². The molecule has 3 N–H and O–H groups in total. The van der Waals surface area contributed by atoms with E-state index in [1.165, 1.54) is 9.75 Å². The number of pyridine rings is 1. The molecule has 0 radical (unpaired) electrons. The number of hydrogen-bond acceptors (Lipinski definition) is 4. The number of allylic oxidation sites excluding steroid dienone is 2. The highest BCUT2D eigenvalue weighted by Crippen LogP contribution is 2.36. The van der Waals surface area contributed by atoms with Crippen LogP contribution in [0, 0.1) is 13.8 Å². The molecule has 6 heteroatoms. The molecule has 0 unspecified atom stereocenters. The number of nitrogens with zero attached hydrogens (tertiary/aromatic N) is 2. The molecule has 4 heterocycles. The van der Waals surface area contributed by atoms with Crippen molar-refractivity contribution in [1.29, 1.82) is 0 Å². The Morgan fingerprint density at radius 1 is 0.950 bits per heavy atom. The molecular weight excluding hydrogens is 510 g/mol. The lowest BCUT2D eigenvalue weighted by molar-refractivity contribution is 1.11. The summed E-state index contributed by atoms with van der Waals surface area (Å²) in [5, 5.41) is 12.3. The number of fused-ring (bicyclic) bond motifs is 1. The maximum absolute atomic E-state index is 4.69. The lowest BCUT2D eigenvalue weighted by atomic mass is 10.0. The average molecular weight is 540 g/mol. The zero-order chi connectivity index (χ0) is 27.6. The average Bonchev–Trinajstić information content (AvgIpc) is 3.70. The maximum atomic E-state index is 4.69. The molecule has 0 fully saturated rings. The van der Waals surface area contributed by atoms with Crippen LogP contribution in [-0.2, 0) is 0 Å².